The van der Waals surface area contributed by atoms with Gasteiger partial charge in [0.05, 0.1) is 9.79 Å². The smallest absolute Gasteiger partial charge is 0.207 e. The number of hydrogen-bond donors (Lipinski definition) is 0. The highest BCUT2D eigenvalue weighted by atomic mass is 32.2. The Morgan fingerprint density at radius 2 is 1.13 bits per heavy atom. The summed E-state index contributed by atoms with van der Waals surface area (Å²) in [6.45, 7) is 0. The van der Waals surface area contributed by atoms with Crippen LogP contribution in [-0.2, 0) is 9.84 Å². The number of sulfone groups is 1. The van der Waals surface area contributed by atoms with Crippen LogP contribution in [-0.4, -0.2) is 8.42 Å². The van der Waals surface area contributed by atoms with Crippen molar-refractivity contribution in [2.24, 2.45) is 0 Å². The first-order chi connectivity index (χ1) is 11.1. The highest BCUT2D eigenvalue weighted by molar-refractivity contribution is 7.92. The van der Waals surface area contributed by atoms with E-state index in [1.165, 1.54) is 0 Å². The van der Waals surface area contributed by atoms with Crippen molar-refractivity contribution in [3.63, 3.8) is 0 Å². The molecule has 0 aliphatic carbocycles. The van der Waals surface area contributed by atoms with Crippen molar-refractivity contribution in [1.82, 2.24) is 0 Å². The zero-order valence-electron chi connectivity index (χ0n) is 12.2. The molecule has 1 aliphatic heterocycles. The van der Waals surface area contributed by atoms with Crippen LogP contribution in [0.5, 0.6) is 0 Å². The fourth-order valence-corrected chi connectivity index (χ4v) is 5.15. The molecule has 0 spiro atoms. The van der Waals surface area contributed by atoms with Gasteiger partial charge in [0.25, 0.3) is 0 Å². The molecule has 3 heteroatoms. The minimum absolute atomic E-state index is 0.412. The second kappa shape index (κ2) is 4.21. The molecule has 0 amide bonds. The fourth-order valence-electron chi connectivity index (χ4n) is 3.45. The lowest BCUT2D eigenvalue weighted by Crippen LogP contribution is -1.96. The number of rotatable bonds is 0. The van der Waals surface area contributed by atoms with Crippen molar-refractivity contribution < 1.29 is 8.42 Å². The van der Waals surface area contributed by atoms with Crippen molar-refractivity contribution in [3.8, 4) is 11.1 Å². The minimum Gasteiger partial charge on any atom is -0.218 e. The summed E-state index contributed by atoms with van der Waals surface area (Å²) < 4.78 is 25.6. The molecule has 0 aromatic heterocycles. The summed E-state index contributed by atoms with van der Waals surface area (Å²) in [5.74, 6) is 0. The van der Waals surface area contributed by atoms with Crippen LogP contribution in [0.4, 0.5) is 0 Å². The summed E-state index contributed by atoms with van der Waals surface area (Å²) in [6, 6.07) is 23.4. The molecule has 0 radical (unpaired) electrons. The molecule has 0 saturated carbocycles. The molecule has 110 valence electrons. The highest BCUT2D eigenvalue weighted by Crippen LogP contribution is 2.44. The number of benzene rings is 4. The SMILES string of the molecule is O=S1(=O)c2ccccc2-c2cc3cc4ccccc4cc3cc21. The Bertz CT molecular complexity index is 1220. The van der Waals surface area contributed by atoms with Gasteiger partial charge in [0.1, 0.15) is 0 Å². The van der Waals surface area contributed by atoms with Crippen LogP contribution in [0.25, 0.3) is 32.7 Å². The molecular weight excluding hydrogens is 304 g/mol. The molecular formula is C20H12O2S. The van der Waals surface area contributed by atoms with E-state index in [0.29, 0.717) is 9.79 Å². The first-order valence-corrected chi connectivity index (χ1v) is 8.94. The van der Waals surface area contributed by atoms with E-state index in [1.807, 2.05) is 42.5 Å². The molecule has 0 saturated heterocycles. The summed E-state index contributed by atoms with van der Waals surface area (Å²) in [5, 5.41) is 4.30. The minimum atomic E-state index is -3.41. The van der Waals surface area contributed by atoms with Crippen LogP contribution in [0.2, 0.25) is 0 Å². The Morgan fingerprint density at radius 1 is 0.522 bits per heavy atom. The van der Waals surface area contributed by atoms with Gasteiger partial charge in [0.15, 0.2) is 0 Å². The monoisotopic (exact) mass is 316 g/mol. The average molecular weight is 316 g/mol. The molecule has 0 bridgehead atoms. The standard InChI is InChI=1S/C20H12O2S/c21-23(22)19-8-4-3-7-17(19)18-11-15-9-13-5-1-2-6-14(13)10-16(15)12-20(18)23/h1-12H. The molecule has 0 unspecified atom stereocenters. The van der Waals surface area contributed by atoms with Gasteiger partial charge in [-0.15, -0.1) is 0 Å². The Labute approximate surface area is 133 Å². The third-order valence-corrected chi connectivity index (χ3v) is 6.41. The average Bonchev–Trinajstić information content (AvgIpc) is 2.79. The van der Waals surface area contributed by atoms with E-state index in [-0.39, 0.29) is 0 Å². The first kappa shape index (κ1) is 12.9. The van der Waals surface area contributed by atoms with E-state index in [9.17, 15) is 8.42 Å². The molecule has 4 aromatic rings. The van der Waals surface area contributed by atoms with Crippen LogP contribution in [0.3, 0.4) is 0 Å². The van der Waals surface area contributed by atoms with E-state index in [1.54, 1.807) is 12.1 Å². The zero-order chi connectivity index (χ0) is 15.6. The second-order valence-corrected chi connectivity index (χ2v) is 7.78. The van der Waals surface area contributed by atoms with Gasteiger partial charge in [-0.2, -0.15) is 0 Å². The lowest BCUT2D eigenvalue weighted by molar-refractivity contribution is 0.599. The van der Waals surface area contributed by atoms with Crippen LogP contribution < -0.4 is 0 Å². The van der Waals surface area contributed by atoms with Crippen LogP contribution in [0.1, 0.15) is 0 Å². The molecule has 2 nitrogen and oxygen atoms in total. The number of fused-ring (bicyclic) bond motifs is 5. The maximum Gasteiger partial charge on any atom is 0.207 e. The second-order valence-electron chi connectivity index (χ2n) is 5.89. The van der Waals surface area contributed by atoms with Gasteiger partial charge in [-0.1, -0.05) is 42.5 Å². The Balaban J connectivity index is 1.94. The Hall–Kier alpha value is -2.65. The fraction of sp³-hybridized carbons (Fsp3) is 0. The summed E-state index contributed by atoms with van der Waals surface area (Å²) in [4.78, 5) is 0.830. The van der Waals surface area contributed by atoms with Gasteiger partial charge in [-0.25, -0.2) is 8.42 Å². The van der Waals surface area contributed by atoms with Crippen molar-refractivity contribution >= 4 is 31.4 Å². The van der Waals surface area contributed by atoms with E-state index >= 15 is 0 Å². The summed E-state index contributed by atoms with van der Waals surface area (Å²) in [7, 11) is -3.41. The third-order valence-electron chi connectivity index (χ3n) is 4.56. The Morgan fingerprint density at radius 3 is 1.87 bits per heavy atom. The van der Waals surface area contributed by atoms with Crippen LogP contribution >= 0.6 is 0 Å². The van der Waals surface area contributed by atoms with E-state index in [0.717, 1.165) is 32.7 Å². The maximum absolute atomic E-state index is 12.8. The molecule has 5 rings (SSSR count). The topological polar surface area (TPSA) is 34.1 Å². The van der Waals surface area contributed by atoms with Crippen LogP contribution in [0, 0.1) is 0 Å². The summed E-state index contributed by atoms with van der Waals surface area (Å²) in [6.07, 6.45) is 0. The van der Waals surface area contributed by atoms with Gasteiger partial charge < -0.3 is 0 Å². The Kier molecular flexibility index (Phi) is 2.35. The summed E-state index contributed by atoms with van der Waals surface area (Å²) >= 11 is 0. The maximum atomic E-state index is 12.8. The largest absolute Gasteiger partial charge is 0.218 e. The molecule has 0 fully saturated rings. The summed E-state index contributed by atoms with van der Waals surface area (Å²) in [5.41, 5.74) is 1.61. The lowest BCUT2D eigenvalue weighted by Gasteiger charge is -2.06. The molecule has 1 aliphatic rings. The predicted octanol–water partition coefficient (Wildman–Crippen LogP) is 4.81. The van der Waals surface area contributed by atoms with Gasteiger partial charge in [-0.3, -0.25) is 0 Å². The van der Waals surface area contributed by atoms with Crippen molar-refractivity contribution in [3.05, 3.63) is 72.8 Å². The van der Waals surface area contributed by atoms with Gasteiger partial charge in [0.2, 0.25) is 9.84 Å². The van der Waals surface area contributed by atoms with Crippen molar-refractivity contribution in [2.75, 3.05) is 0 Å². The lowest BCUT2D eigenvalue weighted by atomic mass is 9.99. The van der Waals surface area contributed by atoms with Crippen molar-refractivity contribution in [1.29, 1.82) is 0 Å². The van der Waals surface area contributed by atoms with Crippen molar-refractivity contribution in [2.45, 2.75) is 9.79 Å². The first-order valence-electron chi connectivity index (χ1n) is 7.46. The molecule has 4 aromatic carbocycles. The zero-order valence-corrected chi connectivity index (χ0v) is 13.0. The number of hydrogen-bond acceptors (Lipinski definition) is 2. The molecule has 0 atom stereocenters. The van der Waals surface area contributed by atoms with E-state index in [2.05, 4.69) is 18.2 Å². The van der Waals surface area contributed by atoms with E-state index in [4.69, 9.17) is 0 Å². The van der Waals surface area contributed by atoms with Gasteiger partial charge in [-0.05, 0) is 51.9 Å². The third kappa shape index (κ3) is 1.65. The quantitative estimate of drug-likeness (QED) is 0.384. The predicted molar refractivity (Wildman–Crippen MR) is 92.3 cm³/mol. The van der Waals surface area contributed by atoms with Gasteiger partial charge in [0, 0.05) is 11.1 Å². The normalized spacial score (nSPS) is 14.8. The molecule has 23 heavy (non-hydrogen) atoms. The molecule has 1 heterocycles. The van der Waals surface area contributed by atoms with E-state index < -0.39 is 9.84 Å². The highest BCUT2D eigenvalue weighted by Gasteiger charge is 2.32. The van der Waals surface area contributed by atoms with Gasteiger partial charge >= 0.3 is 0 Å². The molecule has 0 N–H and O–H groups in total. The van der Waals surface area contributed by atoms with Crippen LogP contribution in [0.15, 0.2) is 82.6 Å².